The lowest BCUT2D eigenvalue weighted by molar-refractivity contribution is -0.162. The van der Waals surface area contributed by atoms with E-state index in [1.54, 1.807) is 26.4 Å². The van der Waals surface area contributed by atoms with E-state index < -0.39 is 23.6 Å². The Labute approximate surface area is 343 Å². The molecule has 6 aromatic carbocycles. The van der Waals surface area contributed by atoms with Crippen LogP contribution in [-0.4, -0.2) is 53.7 Å². The highest BCUT2D eigenvalue weighted by Crippen LogP contribution is 2.60. The first-order valence-electron chi connectivity index (χ1n) is 20.4. The summed E-state index contributed by atoms with van der Waals surface area (Å²) >= 11 is 0. The quantitative estimate of drug-likeness (QED) is 0.136. The van der Waals surface area contributed by atoms with E-state index in [1.165, 1.54) is 6.92 Å². The molecule has 0 radical (unpaired) electrons. The maximum absolute atomic E-state index is 14.0. The topological polar surface area (TPSA) is 132 Å². The van der Waals surface area contributed by atoms with Crippen molar-refractivity contribution >= 4 is 33.5 Å². The number of ether oxygens (including phenoxy) is 4. The Morgan fingerprint density at radius 2 is 1.39 bits per heavy atom. The molecule has 1 fully saturated rings. The van der Waals surface area contributed by atoms with Gasteiger partial charge in [0.25, 0.3) is 0 Å². The highest BCUT2D eigenvalue weighted by atomic mass is 16.6. The largest absolute Gasteiger partial charge is 0.508 e. The summed E-state index contributed by atoms with van der Waals surface area (Å²) in [5.74, 6) is -0.174. The van der Waals surface area contributed by atoms with Crippen molar-refractivity contribution in [1.82, 2.24) is 0 Å². The molecule has 59 heavy (non-hydrogen) atoms. The first-order valence-corrected chi connectivity index (χ1v) is 20.4. The van der Waals surface area contributed by atoms with Gasteiger partial charge in [0.2, 0.25) is 0 Å². The number of hydrogen-bond acceptors (Lipinski definition) is 9. The molecule has 9 rings (SSSR count). The van der Waals surface area contributed by atoms with Gasteiger partial charge >= 0.3 is 11.9 Å². The molecule has 9 heteroatoms. The first-order chi connectivity index (χ1) is 28.5. The van der Waals surface area contributed by atoms with Gasteiger partial charge in [-0.2, -0.15) is 0 Å². The minimum atomic E-state index is -0.630. The molecule has 0 amide bonds. The van der Waals surface area contributed by atoms with Crippen LogP contribution in [0.2, 0.25) is 0 Å². The SMILES string of the molecule is COc1cc2c(cc1O)CC1(c3ccc4ccccc4c3)C(C2)C(OC(C)=O)CC(OC(=O)Cc2ccc3cc(O)ccc3c2)CC2c3cc(OC)c(O)cc3CCC21. The number of esters is 2. The summed E-state index contributed by atoms with van der Waals surface area (Å²) in [6.45, 7) is 1.44. The summed E-state index contributed by atoms with van der Waals surface area (Å²) in [5.41, 5.74) is 5.39. The number of fused-ring (bicyclic) bond motifs is 8. The van der Waals surface area contributed by atoms with Crippen molar-refractivity contribution in [2.45, 2.75) is 75.4 Å². The standard InChI is InChI=1S/C50H48O9/c1-28(51)58-46-25-39(59-49(55)17-29-8-9-33-19-38(52)14-11-32(33)16-29)24-41-40-26-48(57-3)44(53)21-34(40)12-15-42(41)50(37-13-10-30-6-4-5-7-31(30)18-37)27-36-22-45(54)47(56-2)23-35(36)20-43(46)50/h4-11,13-14,16,18-19,21-23,26,39,41-43,46,52-54H,12,15,17,20,24-25,27H2,1-3H3. The van der Waals surface area contributed by atoms with Crippen molar-refractivity contribution in [3.8, 4) is 28.7 Å². The van der Waals surface area contributed by atoms with E-state index in [0.717, 1.165) is 61.3 Å². The van der Waals surface area contributed by atoms with Crippen LogP contribution in [0, 0.1) is 11.8 Å². The molecule has 3 aliphatic rings. The Morgan fingerprint density at radius 3 is 2.17 bits per heavy atom. The molecule has 0 aromatic heterocycles. The van der Waals surface area contributed by atoms with Crippen molar-refractivity contribution < 1.29 is 43.9 Å². The highest BCUT2D eigenvalue weighted by Gasteiger charge is 2.58. The van der Waals surface area contributed by atoms with Gasteiger partial charge in [0.05, 0.1) is 20.6 Å². The summed E-state index contributed by atoms with van der Waals surface area (Å²) in [7, 11) is 3.09. The third-order valence-electron chi connectivity index (χ3n) is 13.4. The number of carbonyl (C=O) groups is 2. The van der Waals surface area contributed by atoms with Crippen molar-refractivity contribution in [2.75, 3.05) is 14.2 Å². The number of aryl methyl sites for hydroxylation is 1. The smallest absolute Gasteiger partial charge is 0.310 e. The Balaban J connectivity index is 1.21. The van der Waals surface area contributed by atoms with Crippen LogP contribution in [0.5, 0.6) is 28.7 Å². The van der Waals surface area contributed by atoms with Gasteiger partial charge in [0.1, 0.15) is 18.0 Å². The maximum atomic E-state index is 14.0. The van der Waals surface area contributed by atoms with Crippen molar-refractivity contribution in [1.29, 1.82) is 0 Å². The van der Waals surface area contributed by atoms with E-state index >= 15 is 0 Å². The van der Waals surface area contributed by atoms with Crippen LogP contribution in [-0.2, 0) is 50.2 Å². The summed E-state index contributed by atoms with van der Waals surface area (Å²) in [6.07, 6.45) is 2.07. The zero-order valence-electron chi connectivity index (χ0n) is 33.4. The zero-order chi connectivity index (χ0) is 41.0. The molecule has 1 saturated carbocycles. The number of methoxy groups -OCH3 is 2. The minimum absolute atomic E-state index is 0.0407. The molecule has 6 atom stereocenters. The molecule has 0 heterocycles. The molecule has 0 spiro atoms. The van der Waals surface area contributed by atoms with Crippen LogP contribution < -0.4 is 9.47 Å². The molecule has 9 nitrogen and oxygen atoms in total. The molecule has 0 bridgehead atoms. The lowest BCUT2D eigenvalue weighted by Crippen LogP contribution is -2.57. The predicted molar refractivity (Wildman–Crippen MR) is 224 cm³/mol. The van der Waals surface area contributed by atoms with Gasteiger partial charge < -0.3 is 34.3 Å². The fourth-order valence-electron chi connectivity index (χ4n) is 10.9. The molecular weight excluding hydrogens is 745 g/mol. The third kappa shape index (κ3) is 6.96. The molecule has 302 valence electrons. The van der Waals surface area contributed by atoms with E-state index in [9.17, 15) is 24.9 Å². The molecule has 3 aliphatic carbocycles. The van der Waals surface area contributed by atoms with Gasteiger partial charge in [-0.3, -0.25) is 9.59 Å². The van der Waals surface area contributed by atoms with Crippen molar-refractivity contribution in [3.63, 3.8) is 0 Å². The fourth-order valence-corrected chi connectivity index (χ4v) is 10.9. The second kappa shape index (κ2) is 15.2. The van der Waals surface area contributed by atoms with E-state index in [2.05, 4.69) is 30.3 Å². The summed E-state index contributed by atoms with van der Waals surface area (Å²) < 4.78 is 24.2. The lowest BCUT2D eigenvalue weighted by atomic mass is 9.47. The van der Waals surface area contributed by atoms with Crippen LogP contribution in [0.25, 0.3) is 21.5 Å². The average molecular weight is 793 g/mol. The van der Waals surface area contributed by atoms with Crippen molar-refractivity contribution in [2.24, 2.45) is 11.8 Å². The van der Waals surface area contributed by atoms with E-state index in [-0.39, 0.29) is 53.8 Å². The molecule has 3 N–H and O–H groups in total. The van der Waals surface area contributed by atoms with Crippen LogP contribution in [0.4, 0.5) is 0 Å². The Morgan fingerprint density at radius 1 is 0.695 bits per heavy atom. The van der Waals surface area contributed by atoms with Crippen LogP contribution >= 0.6 is 0 Å². The van der Waals surface area contributed by atoms with E-state index in [1.807, 2.05) is 60.7 Å². The number of carbonyl (C=O) groups excluding carboxylic acids is 2. The van der Waals surface area contributed by atoms with Crippen LogP contribution in [0.1, 0.15) is 65.5 Å². The van der Waals surface area contributed by atoms with Gasteiger partial charge in [-0.1, -0.05) is 66.7 Å². The highest BCUT2D eigenvalue weighted by molar-refractivity contribution is 5.86. The summed E-state index contributed by atoms with van der Waals surface area (Å²) in [6, 6.07) is 33.3. The molecule has 0 aliphatic heterocycles. The maximum Gasteiger partial charge on any atom is 0.310 e. The third-order valence-corrected chi connectivity index (χ3v) is 13.4. The van der Waals surface area contributed by atoms with Crippen molar-refractivity contribution in [3.05, 3.63) is 137 Å². The first kappa shape index (κ1) is 38.3. The number of rotatable bonds is 7. The molecular formula is C50H48O9. The zero-order valence-corrected chi connectivity index (χ0v) is 33.4. The number of phenolic OH excluding ortho intramolecular Hbond substituents is 3. The van der Waals surface area contributed by atoms with Gasteiger partial charge in [-0.25, -0.2) is 0 Å². The summed E-state index contributed by atoms with van der Waals surface area (Å²) in [5, 5.41) is 36.1. The number of hydrogen-bond donors (Lipinski definition) is 3. The number of phenols is 3. The fraction of sp³-hybridized carbons (Fsp3) is 0.320. The van der Waals surface area contributed by atoms with Gasteiger partial charge in [0.15, 0.2) is 23.0 Å². The number of benzene rings is 6. The van der Waals surface area contributed by atoms with Crippen LogP contribution in [0.15, 0.2) is 103 Å². The van der Waals surface area contributed by atoms with Gasteiger partial charge in [-0.05, 0) is 135 Å². The van der Waals surface area contributed by atoms with Gasteiger partial charge in [-0.15, -0.1) is 0 Å². The normalized spacial score (nSPS) is 23.4. The lowest BCUT2D eigenvalue weighted by Gasteiger charge is -2.57. The summed E-state index contributed by atoms with van der Waals surface area (Å²) in [4.78, 5) is 27.2. The number of aromatic hydroxyl groups is 3. The van der Waals surface area contributed by atoms with E-state index in [0.29, 0.717) is 37.2 Å². The Hall–Kier alpha value is -6.22. The molecule has 6 unspecified atom stereocenters. The van der Waals surface area contributed by atoms with E-state index in [4.69, 9.17) is 18.9 Å². The molecule has 6 aromatic rings. The van der Waals surface area contributed by atoms with Crippen LogP contribution in [0.3, 0.4) is 0 Å². The Bertz CT molecular complexity index is 2610. The van der Waals surface area contributed by atoms with Gasteiger partial charge in [0, 0.05) is 24.7 Å². The monoisotopic (exact) mass is 792 g/mol. The predicted octanol–water partition coefficient (Wildman–Crippen LogP) is 9.01. The average Bonchev–Trinajstić information content (AvgIpc) is 3.21. The minimum Gasteiger partial charge on any atom is -0.508 e. The second-order valence-electron chi connectivity index (χ2n) is 16.6. The Kier molecular flexibility index (Phi) is 9.86. The second-order valence-corrected chi connectivity index (χ2v) is 16.6. The molecule has 0 saturated heterocycles.